The van der Waals surface area contributed by atoms with Crippen LogP contribution >= 0.6 is 23.2 Å². The van der Waals surface area contributed by atoms with Gasteiger partial charge in [-0.2, -0.15) is 0 Å². The summed E-state index contributed by atoms with van der Waals surface area (Å²) >= 11 is 12.3. The fourth-order valence-electron chi connectivity index (χ4n) is 2.47. The van der Waals surface area contributed by atoms with Crippen LogP contribution in [0.15, 0.2) is 18.2 Å². The molecule has 1 aliphatic heterocycles. The largest absolute Gasteiger partial charge is 0.310 e. The second-order valence-corrected chi connectivity index (χ2v) is 8.23. The van der Waals surface area contributed by atoms with Crippen LogP contribution < -0.4 is 5.32 Å². The van der Waals surface area contributed by atoms with Gasteiger partial charge in [-0.05, 0) is 31.9 Å². The molecule has 21 heavy (non-hydrogen) atoms. The van der Waals surface area contributed by atoms with Crippen LogP contribution in [0.3, 0.4) is 0 Å². The summed E-state index contributed by atoms with van der Waals surface area (Å²) < 4.78 is 25.2. The van der Waals surface area contributed by atoms with E-state index in [1.54, 1.807) is 11.2 Å². The van der Waals surface area contributed by atoms with E-state index in [9.17, 15) is 8.42 Å². The first-order valence-corrected chi connectivity index (χ1v) is 9.44. The number of piperidine rings is 1. The van der Waals surface area contributed by atoms with Gasteiger partial charge < -0.3 is 5.32 Å². The third-order valence-corrected chi connectivity index (χ3v) is 6.43. The lowest BCUT2D eigenvalue weighted by Gasteiger charge is -2.31. The smallest absolute Gasteiger partial charge is 0.213 e. The topological polar surface area (TPSA) is 49.4 Å². The van der Waals surface area contributed by atoms with Crippen LogP contribution in [0.4, 0.5) is 0 Å². The Morgan fingerprint density at radius 3 is 2.33 bits per heavy atom. The van der Waals surface area contributed by atoms with Crippen molar-refractivity contribution in [2.75, 3.05) is 18.8 Å². The Morgan fingerprint density at radius 2 is 1.81 bits per heavy atom. The molecule has 0 unspecified atom stereocenters. The highest BCUT2D eigenvalue weighted by atomic mass is 35.5. The third kappa shape index (κ3) is 4.33. The molecular formula is C14H20Cl2N2O2S. The summed E-state index contributed by atoms with van der Waals surface area (Å²) in [4.78, 5) is 0. The lowest BCUT2D eigenvalue weighted by molar-refractivity contribution is 0.289. The van der Waals surface area contributed by atoms with Gasteiger partial charge >= 0.3 is 0 Å². The van der Waals surface area contributed by atoms with Crippen LogP contribution in [0.1, 0.15) is 25.3 Å². The van der Waals surface area contributed by atoms with Gasteiger partial charge in [-0.3, -0.25) is 0 Å². The number of halogens is 2. The van der Waals surface area contributed by atoms with E-state index in [2.05, 4.69) is 5.32 Å². The molecule has 1 heterocycles. The van der Waals surface area contributed by atoms with E-state index in [0.717, 1.165) is 18.4 Å². The molecule has 118 valence electrons. The van der Waals surface area contributed by atoms with Crippen LogP contribution in [0.5, 0.6) is 0 Å². The summed E-state index contributed by atoms with van der Waals surface area (Å²) in [6, 6.07) is 5.75. The van der Waals surface area contributed by atoms with Crippen LogP contribution in [-0.4, -0.2) is 37.6 Å². The van der Waals surface area contributed by atoms with Crippen LogP contribution in [0.2, 0.25) is 10.0 Å². The molecule has 0 spiro atoms. The Balaban J connectivity index is 1.87. The standard InChI is InChI=1S/C14H20Cl2N2O2S/c1-2-21(19,20)18-8-6-11(7-9-18)17-10-12-13(15)4-3-5-14(12)16/h3-5,11,17H,2,6-10H2,1H3. The average molecular weight is 351 g/mol. The molecule has 4 nitrogen and oxygen atoms in total. The van der Waals surface area contributed by atoms with Gasteiger partial charge in [0, 0.05) is 41.3 Å². The molecule has 1 aromatic carbocycles. The van der Waals surface area contributed by atoms with Gasteiger partial charge in [0.2, 0.25) is 10.0 Å². The van der Waals surface area contributed by atoms with Crippen molar-refractivity contribution in [2.24, 2.45) is 0 Å². The Kier molecular flexibility index (Phi) is 5.91. The van der Waals surface area contributed by atoms with E-state index in [1.165, 1.54) is 0 Å². The van der Waals surface area contributed by atoms with Crippen molar-refractivity contribution >= 4 is 33.2 Å². The Hall–Kier alpha value is -0.330. The maximum atomic E-state index is 11.8. The van der Waals surface area contributed by atoms with Crippen molar-refractivity contribution in [1.29, 1.82) is 0 Å². The third-order valence-electron chi connectivity index (χ3n) is 3.84. The molecule has 0 amide bonds. The van der Waals surface area contributed by atoms with Gasteiger partial charge in [-0.1, -0.05) is 29.3 Å². The van der Waals surface area contributed by atoms with Gasteiger partial charge in [0.25, 0.3) is 0 Å². The lowest BCUT2D eigenvalue weighted by Crippen LogP contribution is -2.45. The zero-order chi connectivity index (χ0) is 15.5. The molecular weight excluding hydrogens is 331 g/mol. The molecule has 1 fully saturated rings. The van der Waals surface area contributed by atoms with Gasteiger partial charge in [-0.25, -0.2) is 12.7 Å². The molecule has 0 atom stereocenters. The van der Waals surface area contributed by atoms with Crippen molar-refractivity contribution in [1.82, 2.24) is 9.62 Å². The Bertz CT molecular complexity index is 564. The predicted octanol–water partition coefficient (Wildman–Crippen LogP) is 2.90. The highest BCUT2D eigenvalue weighted by Crippen LogP contribution is 2.24. The number of nitrogens with one attached hydrogen (secondary N) is 1. The van der Waals surface area contributed by atoms with Gasteiger partial charge in [0.15, 0.2) is 0 Å². The summed E-state index contributed by atoms with van der Waals surface area (Å²) in [7, 11) is -3.06. The molecule has 1 aromatic rings. The normalized spacial score (nSPS) is 18.0. The SMILES string of the molecule is CCS(=O)(=O)N1CCC(NCc2c(Cl)cccc2Cl)CC1. The second kappa shape index (κ2) is 7.29. The second-order valence-electron chi connectivity index (χ2n) is 5.15. The molecule has 0 aliphatic carbocycles. The fourth-order valence-corrected chi connectivity index (χ4v) is 4.13. The highest BCUT2D eigenvalue weighted by Gasteiger charge is 2.26. The molecule has 1 aliphatic rings. The number of hydrogen-bond acceptors (Lipinski definition) is 3. The summed E-state index contributed by atoms with van der Waals surface area (Å²) in [5.74, 6) is 0.167. The van der Waals surface area contributed by atoms with Crippen molar-refractivity contribution in [3.05, 3.63) is 33.8 Å². The summed E-state index contributed by atoms with van der Waals surface area (Å²) in [5, 5.41) is 4.73. The lowest BCUT2D eigenvalue weighted by atomic mass is 10.1. The first kappa shape index (κ1) is 17.0. The van der Waals surface area contributed by atoms with Crippen molar-refractivity contribution in [3.63, 3.8) is 0 Å². The molecule has 0 aromatic heterocycles. The van der Waals surface area contributed by atoms with Crippen molar-refractivity contribution in [2.45, 2.75) is 32.4 Å². The minimum Gasteiger partial charge on any atom is -0.310 e. The van der Waals surface area contributed by atoms with Crippen molar-refractivity contribution < 1.29 is 8.42 Å². The minimum absolute atomic E-state index is 0.167. The summed E-state index contributed by atoms with van der Waals surface area (Å²) in [5.41, 5.74) is 0.893. The van der Waals surface area contributed by atoms with Gasteiger partial charge in [-0.15, -0.1) is 0 Å². The average Bonchev–Trinajstić information content (AvgIpc) is 2.47. The molecule has 0 radical (unpaired) electrons. The minimum atomic E-state index is -3.06. The molecule has 7 heteroatoms. The van der Waals surface area contributed by atoms with Crippen molar-refractivity contribution in [3.8, 4) is 0 Å². The van der Waals surface area contributed by atoms with Crippen LogP contribution in [-0.2, 0) is 16.6 Å². The zero-order valence-corrected chi connectivity index (χ0v) is 14.3. The highest BCUT2D eigenvalue weighted by molar-refractivity contribution is 7.89. The van der Waals surface area contributed by atoms with Gasteiger partial charge in [0.05, 0.1) is 5.75 Å². The van der Waals surface area contributed by atoms with E-state index < -0.39 is 10.0 Å². The number of sulfonamides is 1. The predicted molar refractivity (Wildman–Crippen MR) is 87.4 cm³/mol. The number of rotatable bonds is 5. The quantitative estimate of drug-likeness (QED) is 0.888. The number of hydrogen-bond donors (Lipinski definition) is 1. The maximum Gasteiger partial charge on any atom is 0.213 e. The Morgan fingerprint density at radius 1 is 1.24 bits per heavy atom. The summed E-state index contributed by atoms with van der Waals surface area (Å²) in [6.07, 6.45) is 1.61. The molecule has 1 N–H and O–H groups in total. The Labute approximate surface area is 136 Å². The van der Waals surface area contributed by atoms with Crippen LogP contribution in [0.25, 0.3) is 0 Å². The van der Waals surface area contributed by atoms with Crippen LogP contribution in [0, 0.1) is 0 Å². The molecule has 1 saturated heterocycles. The zero-order valence-electron chi connectivity index (χ0n) is 12.0. The van der Waals surface area contributed by atoms with E-state index in [0.29, 0.717) is 35.7 Å². The monoisotopic (exact) mass is 350 g/mol. The molecule has 0 bridgehead atoms. The number of nitrogens with zero attached hydrogens (tertiary/aromatic N) is 1. The summed E-state index contributed by atoms with van der Waals surface area (Å²) in [6.45, 7) is 3.43. The maximum absolute atomic E-state index is 11.8. The number of benzene rings is 1. The van der Waals surface area contributed by atoms with E-state index in [4.69, 9.17) is 23.2 Å². The first-order valence-electron chi connectivity index (χ1n) is 7.08. The van der Waals surface area contributed by atoms with Gasteiger partial charge in [0.1, 0.15) is 0 Å². The molecule has 0 saturated carbocycles. The van der Waals surface area contributed by atoms with E-state index >= 15 is 0 Å². The fraction of sp³-hybridized carbons (Fsp3) is 0.571. The van der Waals surface area contributed by atoms with E-state index in [-0.39, 0.29) is 5.75 Å². The molecule has 2 rings (SSSR count). The first-order chi connectivity index (χ1) is 9.94. The van der Waals surface area contributed by atoms with E-state index in [1.807, 2.05) is 18.2 Å².